The van der Waals surface area contributed by atoms with E-state index in [2.05, 4.69) is 10.6 Å². The van der Waals surface area contributed by atoms with E-state index in [9.17, 15) is 14.4 Å². The molecule has 144 valence electrons. The van der Waals surface area contributed by atoms with Crippen molar-refractivity contribution in [3.8, 4) is 0 Å². The summed E-state index contributed by atoms with van der Waals surface area (Å²) in [7, 11) is 0. The van der Waals surface area contributed by atoms with Crippen molar-refractivity contribution in [2.75, 3.05) is 5.32 Å². The molecule has 2 aromatic carbocycles. The number of carbonyl (C=O) groups excluding carboxylic acids is 3. The predicted molar refractivity (Wildman–Crippen MR) is 106 cm³/mol. The molecule has 0 radical (unpaired) electrons. The second kappa shape index (κ2) is 7.84. The maximum absolute atomic E-state index is 12.8. The highest BCUT2D eigenvalue weighted by molar-refractivity contribution is 6.22. The van der Waals surface area contributed by atoms with Gasteiger partial charge in [0.25, 0.3) is 11.8 Å². The zero-order valence-electron chi connectivity index (χ0n) is 15.6. The maximum atomic E-state index is 12.8. The van der Waals surface area contributed by atoms with Crippen molar-refractivity contribution in [2.24, 2.45) is 0 Å². The van der Waals surface area contributed by atoms with E-state index in [0.717, 1.165) is 37.7 Å². The van der Waals surface area contributed by atoms with Crippen LogP contribution in [0.2, 0.25) is 0 Å². The van der Waals surface area contributed by atoms with E-state index in [-0.39, 0.29) is 23.9 Å². The van der Waals surface area contributed by atoms with Gasteiger partial charge in [-0.1, -0.05) is 49.6 Å². The smallest absolute Gasteiger partial charge is 0.319 e. The second-order valence-electron chi connectivity index (χ2n) is 7.33. The lowest BCUT2D eigenvalue weighted by molar-refractivity contribution is 0.0549. The van der Waals surface area contributed by atoms with Crippen molar-refractivity contribution in [2.45, 2.75) is 44.7 Å². The Labute approximate surface area is 163 Å². The average Bonchev–Trinajstić information content (AvgIpc) is 2.98. The van der Waals surface area contributed by atoms with Crippen molar-refractivity contribution >= 4 is 23.5 Å². The quantitative estimate of drug-likeness (QED) is 0.792. The van der Waals surface area contributed by atoms with Gasteiger partial charge in [-0.2, -0.15) is 0 Å². The van der Waals surface area contributed by atoms with E-state index >= 15 is 0 Å². The topological polar surface area (TPSA) is 78.5 Å². The molecule has 1 heterocycles. The molecular weight excluding hydrogens is 354 g/mol. The SMILES string of the molecule is O=C(NCc1ccccc1)Nc1ccc2c(c1)C(=O)N(C1CCCCC1)C2=O. The van der Waals surface area contributed by atoms with Crippen molar-refractivity contribution in [1.82, 2.24) is 10.2 Å². The minimum absolute atomic E-state index is 0.00766. The molecule has 0 atom stereocenters. The van der Waals surface area contributed by atoms with Crippen molar-refractivity contribution in [3.63, 3.8) is 0 Å². The highest BCUT2D eigenvalue weighted by Gasteiger charge is 2.40. The zero-order chi connectivity index (χ0) is 19.5. The van der Waals surface area contributed by atoms with E-state index in [0.29, 0.717) is 23.4 Å². The minimum Gasteiger partial charge on any atom is -0.334 e. The summed E-state index contributed by atoms with van der Waals surface area (Å²) in [5.41, 5.74) is 2.29. The normalized spacial score (nSPS) is 16.8. The fourth-order valence-electron chi connectivity index (χ4n) is 3.96. The first-order valence-electron chi connectivity index (χ1n) is 9.74. The largest absolute Gasteiger partial charge is 0.334 e. The molecule has 1 aliphatic heterocycles. The number of carbonyl (C=O) groups is 3. The standard InChI is InChI=1S/C22H23N3O3/c26-20-18-12-11-16(24-22(28)23-14-15-7-3-1-4-8-15)13-19(18)21(27)25(20)17-9-5-2-6-10-17/h1,3-4,7-8,11-13,17H,2,5-6,9-10,14H2,(H2,23,24,28). The van der Waals surface area contributed by atoms with Crippen LogP contribution in [0.25, 0.3) is 0 Å². The molecule has 1 fully saturated rings. The molecule has 2 aromatic rings. The molecule has 0 aromatic heterocycles. The first-order chi connectivity index (χ1) is 13.6. The molecule has 1 aliphatic carbocycles. The molecule has 0 unspecified atom stereocenters. The van der Waals surface area contributed by atoms with Crippen LogP contribution in [0.4, 0.5) is 10.5 Å². The van der Waals surface area contributed by atoms with Gasteiger partial charge in [0.1, 0.15) is 0 Å². The summed E-state index contributed by atoms with van der Waals surface area (Å²) in [5, 5.41) is 5.52. The molecule has 28 heavy (non-hydrogen) atoms. The molecule has 6 nitrogen and oxygen atoms in total. The fraction of sp³-hybridized carbons (Fsp3) is 0.318. The average molecular weight is 377 g/mol. The van der Waals surface area contributed by atoms with Gasteiger partial charge in [0.15, 0.2) is 0 Å². The molecule has 2 N–H and O–H groups in total. The second-order valence-corrected chi connectivity index (χ2v) is 7.33. The molecule has 4 amide bonds. The van der Waals surface area contributed by atoms with Crippen LogP contribution in [0.3, 0.4) is 0 Å². The van der Waals surface area contributed by atoms with Crippen LogP contribution in [0.1, 0.15) is 58.4 Å². The van der Waals surface area contributed by atoms with E-state index in [1.165, 1.54) is 4.90 Å². The van der Waals surface area contributed by atoms with Gasteiger partial charge in [-0.25, -0.2) is 4.79 Å². The summed E-state index contributed by atoms with van der Waals surface area (Å²) in [5.74, 6) is -0.466. The van der Waals surface area contributed by atoms with E-state index in [1.807, 2.05) is 30.3 Å². The molecule has 0 bridgehead atoms. The molecular formula is C22H23N3O3. The van der Waals surface area contributed by atoms with Gasteiger partial charge in [-0.15, -0.1) is 0 Å². The van der Waals surface area contributed by atoms with Crippen LogP contribution in [-0.2, 0) is 6.54 Å². The van der Waals surface area contributed by atoms with E-state index in [1.54, 1.807) is 18.2 Å². The van der Waals surface area contributed by atoms with Gasteiger partial charge >= 0.3 is 6.03 Å². The summed E-state index contributed by atoms with van der Waals surface area (Å²) >= 11 is 0. The number of hydrogen-bond donors (Lipinski definition) is 2. The Balaban J connectivity index is 1.43. The van der Waals surface area contributed by atoms with Crippen LogP contribution in [0.15, 0.2) is 48.5 Å². The third-order valence-corrected chi connectivity index (χ3v) is 5.41. The summed E-state index contributed by atoms with van der Waals surface area (Å²) < 4.78 is 0. The Kier molecular flexibility index (Phi) is 5.10. The predicted octanol–water partition coefficient (Wildman–Crippen LogP) is 3.94. The van der Waals surface area contributed by atoms with Crippen LogP contribution < -0.4 is 10.6 Å². The Morgan fingerprint density at radius 1 is 0.929 bits per heavy atom. The number of hydrogen-bond acceptors (Lipinski definition) is 3. The number of amides is 4. The molecule has 6 heteroatoms. The monoisotopic (exact) mass is 377 g/mol. The van der Waals surface area contributed by atoms with Crippen LogP contribution in [0, 0.1) is 0 Å². The Morgan fingerprint density at radius 3 is 2.39 bits per heavy atom. The first kappa shape index (κ1) is 18.2. The number of anilines is 1. The van der Waals surface area contributed by atoms with Crippen LogP contribution >= 0.6 is 0 Å². The highest BCUT2D eigenvalue weighted by atomic mass is 16.2. The maximum Gasteiger partial charge on any atom is 0.319 e. The van der Waals surface area contributed by atoms with Gasteiger partial charge < -0.3 is 10.6 Å². The molecule has 4 rings (SSSR count). The molecule has 2 aliphatic rings. The van der Waals surface area contributed by atoms with Crippen molar-refractivity contribution < 1.29 is 14.4 Å². The van der Waals surface area contributed by atoms with E-state index < -0.39 is 0 Å². The lowest BCUT2D eigenvalue weighted by atomic mass is 9.94. The lowest BCUT2D eigenvalue weighted by Crippen LogP contribution is -2.40. The molecule has 0 spiro atoms. The van der Waals surface area contributed by atoms with Gasteiger partial charge in [-0.3, -0.25) is 14.5 Å². The number of fused-ring (bicyclic) bond motifs is 1. The van der Waals surface area contributed by atoms with Gasteiger partial charge in [0.05, 0.1) is 11.1 Å². The fourth-order valence-corrected chi connectivity index (χ4v) is 3.96. The Morgan fingerprint density at radius 2 is 1.64 bits per heavy atom. The number of nitrogens with one attached hydrogen (secondary N) is 2. The summed E-state index contributed by atoms with van der Waals surface area (Å²) in [6.45, 7) is 0.407. The number of benzene rings is 2. The van der Waals surface area contributed by atoms with Gasteiger partial charge in [-0.05, 0) is 36.6 Å². The summed E-state index contributed by atoms with van der Waals surface area (Å²) in [6.07, 6.45) is 5.00. The number of urea groups is 1. The summed E-state index contributed by atoms with van der Waals surface area (Å²) in [4.78, 5) is 39.1. The Hall–Kier alpha value is -3.15. The number of imide groups is 1. The molecule has 1 saturated carbocycles. The van der Waals surface area contributed by atoms with Crippen molar-refractivity contribution in [1.29, 1.82) is 0 Å². The molecule has 0 saturated heterocycles. The highest BCUT2D eigenvalue weighted by Crippen LogP contribution is 2.32. The van der Waals surface area contributed by atoms with Crippen molar-refractivity contribution in [3.05, 3.63) is 65.2 Å². The zero-order valence-corrected chi connectivity index (χ0v) is 15.6. The van der Waals surface area contributed by atoms with Gasteiger partial charge in [0.2, 0.25) is 0 Å². The number of nitrogens with zero attached hydrogens (tertiary/aromatic N) is 1. The third kappa shape index (κ3) is 3.63. The summed E-state index contributed by atoms with van der Waals surface area (Å²) in [6, 6.07) is 14.1. The van der Waals surface area contributed by atoms with Crippen LogP contribution in [0.5, 0.6) is 0 Å². The Bertz CT molecular complexity index is 904. The van der Waals surface area contributed by atoms with Gasteiger partial charge in [0, 0.05) is 18.3 Å². The first-order valence-corrected chi connectivity index (χ1v) is 9.74. The number of rotatable bonds is 4. The van der Waals surface area contributed by atoms with Crippen LogP contribution in [-0.4, -0.2) is 28.8 Å². The third-order valence-electron chi connectivity index (χ3n) is 5.41. The van der Waals surface area contributed by atoms with E-state index in [4.69, 9.17) is 0 Å². The lowest BCUT2D eigenvalue weighted by Gasteiger charge is -2.29. The minimum atomic E-state index is -0.357.